The Morgan fingerprint density at radius 3 is 1.84 bits per heavy atom. The number of hydrogen-bond acceptors (Lipinski definition) is 6. The molecule has 0 saturated heterocycles. The fourth-order valence-electron chi connectivity index (χ4n) is 4.27. The van der Waals surface area contributed by atoms with Gasteiger partial charge in [0.15, 0.2) is 0 Å². The molecule has 7 heteroatoms. The van der Waals surface area contributed by atoms with E-state index in [0.29, 0.717) is 33.0 Å². The van der Waals surface area contributed by atoms with E-state index in [4.69, 9.17) is 24.4 Å². The van der Waals surface area contributed by atoms with Crippen molar-refractivity contribution in [2.45, 2.75) is 123 Å². The Balaban J connectivity index is 4.17. The molecule has 0 aliphatic carbocycles. The lowest BCUT2D eigenvalue weighted by atomic mass is 10.0. The predicted octanol–water partition coefficient (Wildman–Crippen LogP) is 6.58. The zero-order chi connectivity index (χ0) is 27.4. The van der Waals surface area contributed by atoms with Crippen LogP contribution >= 0.6 is 0 Å². The lowest BCUT2D eigenvalue weighted by Crippen LogP contribution is -2.22. The first-order valence-electron chi connectivity index (χ1n) is 15.0. The number of aliphatic carboxylic acids is 1. The van der Waals surface area contributed by atoms with Gasteiger partial charge < -0.3 is 29.3 Å². The Kier molecular flexibility index (Phi) is 27.0. The van der Waals surface area contributed by atoms with Gasteiger partial charge in [-0.25, -0.2) is 0 Å². The predicted molar refractivity (Wildman–Crippen MR) is 152 cm³/mol. The fourth-order valence-corrected chi connectivity index (χ4v) is 4.27. The van der Waals surface area contributed by atoms with Crippen molar-refractivity contribution in [2.24, 2.45) is 0 Å². The maximum absolute atomic E-state index is 10.6. The molecule has 1 unspecified atom stereocenters. The lowest BCUT2D eigenvalue weighted by molar-refractivity contribution is -0.138. The summed E-state index contributed by atoms with van der Waals surface area (Å²) >= 11 is 0. The van der Waals surface area contributed by atoms with Gasteiger partial charge in [0, 0.05) is 19.8 Å². The third kappa shape index (κ3) is 26.3. The molecule has 0 bridgehead atoms. The lowest BCUT2D eigenvalue weighted by Gasteiger charge is -2.22. The summed E-state index contributed by atoms with van der Waals surface area (Å²) in [6, 6.07) is 0. The number of carbonyl (C=O) groups is 1. The van der Waals surface area contributed by atoms with Crippen molar-refractivity contribution >= 4 is 5.97 Å². The molecule has 1 atom stereocenters. The van der Waals surface area contributed by atoms with E-state index in [1.54, 1.807) is 0 Å². The first kappa shape index (κ1) is 35.9. The van der Waals surface area contributed by atoms with Gasteiger partial charge in [-0.2, -0.15) is 0 Å². The van der Waals surface area contributed by atoms with E-state index in [-0.39, 0.29) is 25.7 Å². The topological polar surface area (TPSA) is 88.5 Å². The molecule has 0 aromatic heterocycles. The minimum atomic E-state index is -0.836. The van der Waals surface area contributed by atoms with Gasteiger partial charge in [0.25, 0.3) is 0 Å². The summed E-state index contributed by atoms with van der Waals surface area (Å²) in [7, 11) is 2.02. The smallest absolute Gasteiger partial charge is 0.305 e. The molecule has 0 aliphatic rings. The molecule has 0 aromatic rings. The Morgan fingerprint density at radius 1 is 0.757 bits per heavy atom. The van der Waals surface area contributed by atoms with E-state index in [0.717, 1.165) is 12.8 Å². The van der Waals surface area contributed by atoms with Crippen molar-refractivity contribution in [3.63, 3.8) is 0 Å². The second-order valence-corrected chi connectivity index (χ2v) is 10.1. The average Bonchev–Trinajstić information content (AvgIpc) is 2.87. The van der Waals surface area contributed by atoms with E-state index in [9.17, 15) is 4.79 Å². The largest absolute Gasteiger partial charge is 0.481 e. The van der Waals surface area contributed by atoms with Crippen LogP contribution in [0.2, 0.25) is 0 Å². The summed E-state index contributed by atoms with van der Waals surface area (Å²) in [6.07, 6.45) is 22.1. The Hall–Kier alpha value is -1.15. The van der Waals surface area contributed by atoms with Crippen LogP contribution in [-0.4, -0.2) is 80.4 Å². The molecule has 0 spiro atoms. The Bertz CT molecular complexity index is 528. The van der Waals surface area contributed by atoms with Crippen molar-refractivity contribution in [3.8, 4) is 0 Å². The number of aliphatic hydroxyl groups excluding tert-OH is 1. The van der Waals surface area contributed by atoms with E-state index in [1.165, 1.54) is 89.0 Å². The third-order valence-electron chi connectivity index (χ3n) is 6.61. The molecule has 0 amide bonds. The standard InChI is InChI=1S/C30H59NO6/c1-4-5-6-7-8-9-10-11-12-13-14-15-16-17-18-29(28(2)37-26-25-36-24-21-32)27-31(3)20-23-35-22-19-30(33)34/h27-28,32H,4-26H2,1-3H3,(H,33,34). The molecule has 0 radical (unpaired) electrons. The average molecular weight is 530 g/mol. The number of unbranched alkanes of at least 4 members (excludes halogenated alkanes) is 13. The van der Waals surface area contributed by atoms with Gasteiger partial charge in [-0.05, 0) is 25.3 Å². The van der Waals surface area contributed by atoms with Crippen LogP contribution < -0.4 is 0 Å². The summed E-state index contributed by atoms with van der Waals surface area (Å²) < 4.78 is 16.7. The van der Waals surface area contributed by atoms with Gasteiger partial charge in [-0.1, -0.05) is 90.4 Å². The van der Waals surface area contributed by atoms with Gasteiger partial charge >= 0.3 is 5.97 Å². The SMILES string of the molecule is CCCCCCCCCCCCCCCCC(=CN(C)CCOCCC(=O)O)C(C)OCCOCCO. The summed E-state index contributed by atoms with van der Waals surface area (Å²) in [6.45, 7) is 7.14. The maximum atomic E-state index is 10.6. The Morgan fingerprint density at radius 2 is 1.30 bits per heavy atom. The van der Waals surface area contributed by atoms with E-state index in [2.05, 4.69) is 24.9 Å². The van der Waals surface area contributed by atoms with Crippen molar-refractivity contribution < 1.29 is 29.2 Å². The minimum Gasteiger partial charge on any atom is -0.481 e. The van der Waals surface area contributed by atoms with Crippen LogP contribution in [0.4, 0.5) is 0 Å². The molecule has 220 valence electrons. The first-order valence-corrected chi connectivity index (χ1v) is 15.0. The van der Waals surface area contributed by atoms with Crippen molar-refractivity contribution in [1.29, 1.82) is 0 Å². The zero-order valence-electron chi connectivity index (χ0n) is 24.4. The second-order valence-electron chi connectivity index (χ2n) is 10.1. The molecular formula is C30H59NO6. The molecule has 0 saturated carbocycles. The number of carboxylic acids is 1. The van der Waals surface area contributed by atoms with Crippen LogP contribution in [0.15, 0.2) is 11.8 Å². The van der Waals surface area contributed by atoms with E-state index < -0.39 is 5.97 Å². The fraction of sp³-hybridized carbons (Fsp3) is 0.900. The van der Waals surface area contributed by atoms with Crippen LogP contribution in [0.25, 0.3) is 0 Å². The number of hydrogen-bond donors (Lipinski definition) is 2. The van der Waals surface area contributed by atoms with Crippen molar-refractivity contribution in [3.05, 3.63) is 11.8 Å². The van der Waals surface area contributed by atoms with Crippen molar-refractivity contribution in [2.75, 3.05) is 53.2 Å². The third-order valence-corrected chi connectivity index (χ3v) is 6.61. The van der Waals surface area contributed by atoms with Crippen molar-refractivity contribution in [1.82, 2.24) is 4.90 Å². The number of ether oxygens (including phenoxy) is 3. The van der Waals surface area contributed by atoms with Gasteiger partial charge in [-0.15, -0.1) is 0 Å². The van der Waals surface area contributed by atoms with Gasteiger partial charge in [0.2, 0.25) is 0 Å². The molecule has 0 aliphatic heterocycles. The molecular weight excluding hydrogens is 470 g/mol. The number of nitrogens with zero attached hydrogens (tertiary/aromatic N) is 1. The van der Waals surface area contributed by atoms with Gasteiger partial charge in [0.1, 0.15) is 0 Å². The van der Waals surface area contributed by atoms with Crippen LogP contribution in [0.1, 0.15) is 117 Å². The molecule has 0 fully saturated rings. The molecule has 37 heavy (non-hydrogen) atoms. The van der Waals surface area contributed by atoms with E-state index >= 15 is 0 Å². The van der Waals surface area contributed by atoms with Crippen LogP contribution in [0.3, 0.4) is 0 Å². The normalized spacial score (nSPS) is 12.7. The van der Waals surface area contributed by atoms with Gasteiger partial charge in [-0.3, -0.25) is 4.79 Å². The number of rotatable bonds is 29. The molecule has 0 aromatic carbocycles. The maximum Gasteiger partial charge on any atom is 0.305 e. The molecule has 0 heterocycles. The number of aliphatic hydroxyl groups is 1. The highest BCUT2D eigenvalue weighted by atomic mass is 16.5. The molecule has 7 nitrogen and oxygen atoms in total. The Labute approximate surface area is 227 Å². The highest BCUT2D eigenvalue weighted by molar-refractivity contribution is 5.66. The molecule has 0 rings (SSSR count). The highest BCUT2D eigenvalue weighted by Gasteiger charge is 2.11. The van der Waals surface area contributed by atoms with E-state index in [1.807, 2.05) is 7.05 Å². The van der Waals surface area contributed by atoms with Crippen LogP contribution in [0, 0.1) is 0 Å². The molecule has 2 N–H and O–H groups in total. The summed E-state index contributed by atoms with van der Waals surface area (Å²) in [4.78, 5) is 12.7. The summed E-state index contributed by atoms with van der Waals surface area (Å²) in [5, 5.41) is 17.5. The highest BCUT2D eigenvalue weighted by Crippen LogP contribution is 2.18. The number of carboxylic acid groups (broad SMARTS) is 1. The summed E-state index contributed by atoms with van der Waals surface area (Å²) in [5.74, 6) is -0.836. The monoisotopic (exact) mass is 529 g/mol. The number of likely N-dealkylation sites (N-methyl/N-ethyl adjacent to an activating group) is 1. The zero-order valence-corrected chi connectivity index (χ0v) is 24.4. The summed E-state index contributed by atoms with van der Waals surface area (Å²) in [5.41, 5.74) is 1.26. The minimum absolute atomic E-state index is 0.00456. The van der Waals surface area contributed by atoms with Crippen LogP contribution in [0.5, 0.6) is 0 Å². The quantitative estimate of drug-likeness (QED) is 0.106. The van der Waals surface area contributed by atoms with Gasteiger partial charge in [0.05, 0.1) is 52.2 Å². The second kappa shape index (κ2) is 27.9. The van der Waals surface area contributed by atoms with Crippen LogP contribution in [-0.2, 0) is 19.0 Å². The first-order chi connectivity index (χ1) is 18.0.